The van der Waals surface area contributed by atoms with Crippen LogP contribution in [0.25, 0.3) is 0 Å². The van der Waals surface area contributed by atoms with Gasteiger partial charge in [0.2, 0.25) is 0 Å². The molecule has 4 nitrogen and oxygen atoms in total. The maximum absolute atomic E-state index is 11.6. The van der Waals surface area contributed by atoms with Gasteiger partial charge in [-0.25, -0.2) is 0 Å². The Bertz CT molecular complexity index is 229. The Morgan fingerprint density at radius 2 is 2.06 bits per heavy atom. The van der Waals surface area contributed by atoms with Crippen LogP contribution in [0.2, 0.25) is 0 Å². The molecule has 0 aromatic carbocycles. The molecular formula is C14H29NO3. The molecule has 4 heteroatoms. The number of rotatable bonds is 10. The normalized spacial score (nSPS) is 13.4. The molecule has 1 atom stereocenters. The van der Waals surface area contributed by atoms with Crippen molar-refractivity contribution in [2.75, 3.05) is 20.3 Å². The van der Waals surface area contributed by atoms with Crippen molar-refractivity contribution in [2.24, 2.45) is 5.41 Å². The van der Waals surface area contributed by atoms with Crippen molar-refractivity contribution in [3.63, 3.8) is 0 Å². The minimum Gasteiger partial charge on any atom is -0.468 e. The van der Waals surface area contributed by atoms with Crippen molar-refractivity contribution < 1.29 is 14.6 Å². The lowest BCUT2D eigenvalue weighted by atomic mass is 9.87. The lowest BCUT2D eigenvalue weighted by Crippen LogP contribution is -2.42. The quantitative estimate of drug-likeness (QED) is 0.590. The van der Waals surface area contributed by atoms with Gasteiger partial charge in [0, 0.05) is 13.2 Å². The van der Waals surface area contributed by atoms with Gasteiger partial charge in [0.25, 0.3) is 0 Å². The van der Waals surface area contributed by atoms with E-state index in [-0.39, 0.29) is 24.0 Å². The van der Waals surface area contributed by atoms with E-state index >= 15 is 0 Å². The van der Waals surface area contributed by atoms with Crippen molar-refractivity contribution >= 4 is 5.97 Å². The largest absolute Gasteiger partial charge is 0.468 e. The molecule has 108 valence electrons. The van der Waals surface area contributed by atoms with Crippen LogP contribution >= 0.6 is 0 Å². The fourth-order valence-corrected chi connectivity index (χ4v) is 1.90. The summed E-state index contributed by atoms with van der Waals surface area (Å²) in [5, 5.41) is 12.2. The zero-order valence-corrected chi connectivity index (χ0v) is 12.3. The van der Waals surface area contributed by atoms with Crippen LogP contribution in [-0.4, -0.2) is 37.4 Å². The fourth-order valence-electron chi connectivity index (χ4n) is 1.90. The van der Waals surface area contributed by atoms with Crippen molar-refractivity contribution in [3.05, 3.63) is 0 Å². The maximum Gasteiger partial charge on any atom is 0.322 e. The first kappa shape index (κ1) is 17.4. The molecule has 0 amide bonds. The minimum atomic E-state index is -0.205. The van der Waals surface area contributed by atoms with Gasteiger partial charge in [-0.1, -0.05) is 33.6 Å². The number of hydrogen-bond acceptors (Lipinski definition) is 4. The highest BCUT2D eigenvalue weighted by Crippen LogP contribution is 2.21. The molecule has 0 aliphatic rings. The summed E-state index contributed by atoms with van der Waals surface area (Å²) in [6, 6.07) is -0.205. The Labute approximate surface area is 111 Å². The van der Waals surface area contributed by atoms with Crippen molar-refractivity contribution in [1.82, 2.24) is 5.32 Å². The van der Waals surface area contributed by atoms with Crippen LogP contribution in [0.4, 0.5) is 0 Å². The summed E-state index contributed by atoms with van der Waals surface area (Å²) in [6.07, 6.45) is 4.65. The second kappa shape index (κ2) is 9.34. The van der Waals surface area contributed by atoms with E-state index in [0.29, 0.717) is 0 Å². The predicted molar refractivity (Wildman–Crippen MR) is 73.4 cm³/mol. The number of unbranched alkanes of at least 4 members (excludes halogenated alkanes) is 1. The standard InChI is InChI=1S/C14H29NO3/c1-5-6-8-12(13(17)18-4)15-11-14(2,3)9-7-10-16/h12,15-16H,5-11H2,1-4H3. The van der Waals surface area contributed by atoms with Gasteiger partial charge in [-0.2, -0.15) is 0 Å². The third kappa shape index (κ3) is 7.67. The van der Waals surface area contributed by atoms with E-state index in [4.69, 9.17) is 9.84 Å². The first-order valence-electron chi connectivity index (χ1n) is 6.89. The summed E-state index contributed by atoms with van der Waals surface area (Å²) in [7, 11) is 1.43. The number of methoxy groups -OCH3 is 1. The maximum atomic E-state index is 11.6. The monoisotopic (exact) mass is 259 g/mol. The zero-order chi connectivity index (χ0) is 14.0. The molecular weight excluding hydrogens is 230 g/mol. The van der Waals surface area contributed by atoms with E-state index < -0.39 is 0 Å². The van der Waals surface area contributed by atoms with Crippen LogP contribution in [0.15, 0.2) is 0 Å². The van der Waals surface area contributed by atoms with Gasteiger partial charge in [0.05, 0.1) is 7.11 Å². The van der Waals surface area contributed by atoms with Gasteiger partial charge in [0.1, 0.15) is 6.04 Å². The first-order valence-corrected chi connectivity index (χ1v) is 6.89. The molecule has 0 saturated heterocycles. The summed E-state index contributed by atoms with van der Waals surface area (Å²) >= 11 is 0. The number of esters is 1. The Morgan fingerprint density at radius 1 is 1.39 bits per heavy atom. The van der Waals surface area contributed by atoms with Crippen LogP contribution < -0.4 is 5.32 Å². The smallest absolute Gasteiger partial charge is 0.322 e. The molecule has 0 heterocycles. The van der Waals surface area contributed by atoms with Gasteiger partial charge in [-0.3, -0.25) is 4.79 Å². The third-order valence-electron chi connectivity index (χ3n) is 3.17. The summed E-state index contributed by atoms with van der Waals surface area (Å²) in [4.78, 5) is 11.6. The molecule has 0 aliphatic heterocycles. The van der Waals surface area contributed by atoms with Crippen molar-refractivity contribution in [2.45, 2.75) is 58.9 Å². The highest BCUT2D eigenvalue weighted by Gasteiger charge is 2.23. The lowest BCUT2D eigenvalue weighted by Gasteiger charge is -2.27. The van der Waals surface area contributed by atoms with Gasteiger partial charge in [-0.05, 0) is 24.7 Å². The highest BCUT2D eigenvalue weighted by molar-refractivity contribution is 5.75. The zero-order valence-electron chi connectivity index (χ0n) is 12.3. The second-order valence-corrected chi connectivity index (χ2v) is 5.59. The van der Waals surface area contributed by atoms with E-state index in [2.05, 4.69) is 26.1 Å². The molecule has 0 spiro atoms. The second-order valence-electron chi connectivity index (χ2n) is 5.59. The van der Waals surface area contributed by atoms with Crippen LogP contribution in [-0.2, 0) is 9.53 Å². The number of carbonyl (C=O) groups is 1. The van der Waals surface area contributed by atoms with Crippen LogP contribution in [0.1, 0.15) is 52.9 Å². The Balaban J connectivity index is 4.19. The molecule has 0 aliphatic carbocycles. The molecule has 0 saturated carbocycles. The molecule has 0 radical (unpaired) electrons. The van der Waals surface area contributed by atoms with E-state index in [0.717, 1.165) is 38.6 Å². The van der Waals surface area contributed by atoms with Crippen LogP contribution in [0.3, 0.4) is 0 Å². The lowest BCUT2D eigenvalue weighted by molar-refractivity contribution is -0.143. The summed E-state index contributed by atoms with van der Waals surface area (Å²) in [5.41, 5.74) is 0.0845. The van der Waals surface area contributed by atoms with Gasteiger partial charge < -0.3 is 15.2 Å². The van der Waals surface area contributed by atoms with E-state index in [1.165, 1.54) is 7.11 Å². The number of nitrogens with one attached hydrogen (secondary N) is 1. The van der Waals surface area contributed by atoms with Crippen LogP contribution in [0, 0.1) is 5.41 Å². The van der Waals surface area contributed by atoms with Gasteiger partial charge in [-0.15, -0.1) is 0 Å². The molecule has 18 heavy (non-hydrogen) atoms. The molecule has 0 rings (SSSR count). The summed E-state index contributed by atoms with van der Waals surface area (Å²) in [5.74, 6) is -0.179. The van der Waals surface area contributed by atoms with Crippen molar-refractivity contribution in [3.8, 4) is 0 Å². The number of hydrogen-bond donors (Lipinski definition) is 2. The fraction of sp³-hybridized carbons (Fsp3) is 0.929. The Kier molecular flexibility index (Phi) is 9.02. The van der Waals surface area contributed by atoms with Crippen LogP contribution in [0.5, 0.6) is 0 Å². The van der Waals surface area contributed by atoms with E-state index in [1.54, 1.807) is 0 Å². The van der Waals surface area contributed by atoms with E-state index in [9.17, 15) is 4.79 Å². The average Bonchev–Trinajstić information content (AvgIpc) is 2.35. The Morgan fingerprint density at radius 3 is 2.56 bits per heavy atom. The van der Waals surface area contributed by atoms with Crippen molar-refractivity contribution in [1.29, 1.82) is 0 Å². The van der Waals surface area contributed by atoms with E-state index in [1.807, 2.05) is 0 Å². The molecule has 0 fully saturated rings. The summed E-state index contributed by atoms with van der Waals surface area (Å²) in [6.45, 7) is 7.38. The highest BCUT2D eigenvalue weighted by atomic mass is 16.5. The molecule has 1 unspecified atom stereocenters. The SMILES string of the molecule is CCCCC(NCC(C)(C)CCCO)C(=O)OC. The van der Waals surface area contributed by atoms with Gasteiger partial charge in [0.15, 0.2) is 0 Å². The molecule has 0 aromatic heterocycles. The van der Waals surface area contributed by atoms with Gasteiger partial charge >= 0.3 is 5.97 Å². The minimum absolute atomic E-state index is 0.0845. The topological polar surface area (TPSA) is 58.6 Å². The third-order valence-corrected chi connectivity index (χ3v) is 3.17. The first-order chi connectivity index (χ1) is 8.46. The molecule has 0 bridgehead atoms. The summed E-state index contributed by atoms with van der Waals surface area (Å²) < 4.78 is 4.81. The number of aliphatic hydroxyl groups excluding tert-OH is 1. The number of carbonyl (C=O) groups excluding carboxylic acids is 1. The Hall–Kier alpha value is -0.610. The molecule has 2 N–H and O–H groups in total. The average molecular weight is 259 g/mol. The number of aliphatic hydroxyl groups is 1. The molecule has 0 aromatic rings. The predicted octanol–water partition coefficient (Wildman–Crippen LogP) is 2.11. The number of ether oxygens (including phenoxy) is 1.